The molecule has 0 saturated heterocycles. The molecule has 1 heterocycles. The molecule has 1 amide bonds. The zero-order chi connectivity index (χ0) is 20.1. The van der Waals surface area contributed by atoms with E-state index >= 15 is 0 Å². The van der Waals surface area contributed by atoms with Gasteiger partial charge in [-0.05, 0) is 48.9 Å². The van der Waals surface area contributed by atoms with Crippen molar-refractivity contribution in [1.82, 2.24) is 10.3 Å². The number of nitrogens with one attached hydrogen (secondary N) is 1. The second-order valence-electron chi connectivity index (χ2n) is 5.95. The molecule has 3 aromatic rings. The predicted octanol–water partition coefficient (Wildman–Crippen LogP) is 4.33. The molecule has 0 spiro atoms. The normalized spacial score (nSPS) is 10.5. The maximum absolute atomic E-state index is 12.5. The van der Waals surface area contributed by atoms with E-state index in [1.54, 1.807) is 43.3 Å². The second kappa shape index (κ2) is 8.95. The monoisotopic (exact) mass is 418 g/mol. The van der Waals surface area contributed by atoms with Crippen LogP contribution in [0.25, 0.3) is 0 Å². The lowest BCUT2D eigenvalue weighted by Gasteiger charge is -2.08. The fourth-order valence-corrected chi connectivity index (χ4v) is 3.52. The molecular formula is C20H19ClN2O4S. The molecule has 1 aromatic heterocycles. The summed E-state index contributed by atoms with van der Waals surface area (Å²) in [5.74, 6) is 0.896. The zero-order valence-electron chi connectivity index (χ0n) is 15.4. The summed E-state index contributed by atoms with van der Waals surface area (Å²) in [6.45, 7) is 2.37. The van der Waals surface area contributed by atoms with Gasteiger partial charge in [0.15, 0.2) is 11.5 Å². The Morgan fingerprint density at radius 2 is 2.00 bits per heavy atom. The molecular weight excluding hydrogens is 400 g/mol. The lowest BCUT2D eigenvalue weighted by molar-refractivity contribution is 0.0954. The summed E-state index contributed by atoms with van der Waals surface area (Å²) in [7, 11) is 1.48. The van der Waals surface area contributed by atoms with Gasteiger partial charge in [-0.2, -0.15) is 0 Å². The van der Waals surface area contributed by atoms with Crippen LogP contribution in [0.5, 0.6) is 17.2 Å². The van der Waals surface area contributed by atoms with Gasteiger partial charge in [-0.15, -0.1) is 11.3 Å². The van der Waals surface area contributed by atoms with E-state index in [-0.39, 0.29) is 18.3 Å². The number of methoxy groups -OCH3 is 1. The maximum Gasteiger partial charge on any atom is 0.263 e. The molecule has 3 rings (SSSR count). The van der Waals surface area contributed by atoms with E-state index in [0.29, 0.717) is 38.6 Å². The van der Waals surface area contributed by atoms with Crippen molar-refractivity contribution in [3.05, 3.63) is 68.6 Å². The SMILES string of the molecule is COc1cc(CNC(=O)c2sc(COc3ccc(Cl)cc3)nc2C)ccc1O. The van der Waals surface area contributed by atoms with Crippen LogP contribution in [0.1, 0.15) is 25.9 Å². The van der Waals surface area contributed by atoms with Crippen molar-refractivity contribution in [2.75, 3.05) is 7.11 Å². The summed E-state index contributed by atoms with van der Waals surface area (Å²) in [5.41, 5.74) is 1.47. The van der Waals surface area contributed by atoms with Gasteiger partial charge in [-0.3, -0.25) is 4.79 Å². The van der Waals surface area contributed by atoms with Crippen molar-refractivity contribution in [3.63, 3.8) is 0 Å². The van der Waals surface area contributed by atoms with E-state index in [1.807, 2.05) is 0 Å². The molecule has 0 unspecified atom stereocenters. The zero-order valence-corrected chi connectivity index (χ0v) is 16.9. The average Bonchev–Trinajstić information content (AvgIpc) is 3.07. The number of nitrogens with zero attached hydrogens (tertiary/aromatic N) is 1. The number of ether oxygens (including phenoxy) is 2. The number of amides is 1. The fourth-order valence-electron chi connectivity index (χ4n) is 2.50. The van der Waals surface area contributed by atoms with Gasteiger partial charge in [0.25, 0.3) is 5.91 Å². The van der Waals surface area contributed by atoms with Crippen molar-refractivity contribution in [2.45, 2.75) is 20.1 Å². The highest BCUT2D eigenvalue weighted by atomic mass is 35.5. The largest absolute Gasteiger partial charge is 0.504 e. The van der Waals surface area contributed by atoms with Gasteiger partial charge in [0, 0.05) is 11.6 Å². The van der Waals surface area contributed by atoms with E-state index in [9.17, 15) is 9.90 Å². The molecule has 0 bridgehead atoms. The summed E-state index contributed by atoms with van der Waals surface area (Å²) in [6.07, 6.45) is 0. The Hall–Kier alpha value is -2.77. The van der Waals surface area contributed by atoms with Crippen molar-refractivity contribution >= 4 is 28.8 Å². The van der Waals surface area contributed by atoms with Crippen LogP contribution in [0.4, 0.5) is 0 Å². The van der Waals surface area contributed by atoms with Gasteiger partial charge >= 0.3 is 0 Å². The van der Waals surface area contributed by atoms with Gasteiger partial charge in [0.05, 0.1) is 12.8 Å². The number of hydrogen-bond donors (Lipinski definition) is 2. The van der Waals surface area contributed by atoms with Gasteiger partial charge < -0.3 is 19.9 Å². The van der Waals surface area contributed by atoms with Crippen molar-refractivity contribution in [2.24, 2.45) is 0 Å². The maximum atomic E-state index is 12.5. The summed E-state index contributed by atoms with van der Waals surface area (Å²) in [5, 5.41) is 13.9. The first-order valence-electron chi connectivity index (χ1n) is 8.45. The van der Waals surface area contributed by atoms with E-state index in [4.69, 9.17) is 21.1 Å². The quantitative estimate of drug-likeness (QED) is 0.597. The molecule has 8 heteroatoms. The number of aryl methyl sites for hydroxylation is 1. The van der Waals surface area contributed by atoms with E-state index in [0.717, 1.165) is 5.56 Å². The lowest BCUT2D eigenvalue weighted by Crippen LogP contribution is -2.22. The van der Waals surface area contributed by atoms with Crippen molar-refractivity contribution in [1.29, 1.82) is 0 Å². The highest BCUT2D eigenvalue weighted by molar-refractivity contribution is 7.13. The molecule has 2 aromatic carbocycles. The number of phenolic OH excluding ortho intramolecular Hbond substituents is 1. The molecule has 2 N–H and O–H groups in total. The Kier molecular flexibility index (Phi) is 6.38. The molecule has 0 radical (unpaired) electrons. The first-order valence-corrected chi connectivity index (χ1v) is 9.64. The van der Waals surface area contributed by atoms with Crippen LogP contribution in [-0.4, -0.2) is 23.1 Å². The first-order chi connectivity index (χ1) is 13.5. The number of aromatic hydroxyl groups is 1. The van der Waals surface area contributed by atoms with Gasteiger partial charge in [-0.1, -0.05) is 17.7 Å². The Morgan fingerprint density at radius 3 is 2.71 bits per heavy atom. The standard InChI is InChI=1S/C20H19ClN2O4S/c1-12-19(20(25)22-10-13-3-8-16(24)17(9-13)26-2)28-18(23-12)11-27-15-6-4-14(21)5-7-15/h3-9,24H,10-11H2,1-2H3,(H,22,25). The van der Waals surface area contributed by atoms with Crippen LogP contribution in [-0.2, 0) is 13.2 Å². The molecule has 0 aliphatic carbocycles. The summed E-state index contributed by atoms with van der Waals surface area (Å²) < 4.78 is 10.8. The van der Waals surface area contributed by atoms with E-state index in [2.05, 4.69) is 10.3 Å². The number of carbonyl (C=O) groups is 1. The van der Waals surface area contributed by atoms with Crippen LogP contribution in [0, 0.1) is 6.92 Å². The highest BCUT2D eigenvalue weighted by Gasteiger charge is 2.16. The Labute approximate surface area is 171 Å². The Balaban J connectivity index is 1.60. The summed E-state index contributed by atoms with van der Waals surface area (Å²) in [4.78, 5) is 17.5. The first kappa shape index (κ1) is 20.0. The van der Waals surface area contributed by atoms with Crippen LogP contribution in [0.3, 0.4) is 0 Å². The minimum Gasteiger partial charge on any atom is -0.504 e. The smallest absolute Gasteiger partial charge is 0.263 e. The lowest BCUT2D eigenvalue weighted by atomic mass is 10.2. The highest BCUT2D eigenvalue weighted by Crippen LogP contribution is 2.26. The molecule has 0 aliphatic rings. The van der Waals surface area contributed by atoms with Crippen molar-refractivity contribution < 1.29 is 19.4 Å². The molecule has 0 fully saturated rings. The van der Waals surface area contributed by atoms with Crippen molar-refractivity contribution in [3.8, 4) is 17.2 Å². The number of aromatic nitrogens is 1. The third-order valence-electron chi connectivity index (χ3n) is 3.92. The van der Waals surface area contributed by atoms with Crippen LogP contribution >= 0.6 is 22.9 Å². The van der Waals surface area contributed by atoms with E-state index in [1.165, 1.54) is 24.5 Å². The van der Waals surface area contributed by atoms with E-state index < -0.39 is 0 Å². The summed E-state index contributed by atoms with van der Waals surface area (Å²) in [6, 6.07) is 12.0. The molecule has 0 saturated carbocycles. The fraction of sp³-hybridized carbons (Fsp3) is 0.200. The minimum absolute atomic E-state index is 0.0567. The third-order valence-corrected chi connectivity index (χ3v) is 5.30. The van der Waals surface area contributed by atoms with Gasteiger partial charge in [-0.25, -0.2) is 4.98 Å². The average molecular weight is 419 g/mol. The number of thiazole rings is 1. The predicted molar refractivity (Wildman–Crippen MR) is 108 cm³/mol. The molecule has 0 aliphatic heterocycles. The van der Waals surface area contributed by atoms with Crippen LogP contribution < -0.4 is 14.8 Å². The summed E-state index contributed by atoms with van der Waals surface area (Å²) >= 11 is 7.15. The van der Waals surface area contributed by atoms with Crippen LogP contribution in [0.15, 0.2) is 42.5 Å². The number of carbonyl (C=O) groups excluding carboxylic acids is 1. The molecule has 146 valence electrons. The minimum atomic E-state index is -0.209. The topological polar surface area (TPSA) is 80.7 Å². The molecule has 28 heavy (non-hydrogen) atoms. The number of hydrogen-bond acceptors (Lipinski definition) is 6. The number of phenols is 1. The molecule has 0 atom stereocenters. The number of benzene rings is 2. The Bertz CT molecular complexity index is 973. The van der Waals surface area contributed by atoms with Gasteiger partial charge in [0.1, 0.15) is 22.2 Å². The second-order valence-corrected chi connectivity index (χ2v) is 7.47. The molecule has 6 nitrogen and oxygen atoms in total. The number of rotatable bonds is 7. The number of halogens is 1. The van der Waals surface area contributed by atoms with Gasteiger partial charge in [0.2, 0.25) is 0 Å². The van der Waals surface area contributed by atoms with Crippen LogP contribution in [0.2, 0.25) is 5.02 Å². The third kappa shape index (κ3) is 4.94. The Morgan fingerprint density at radius 1 is 1.25 bits per heavy atom.